The molecule has 0 aromatic heterocycles. The quantitative estimate of drug-likeness (QED) is 0.603. The molecule has 0 bridgehead atoms. The van der Waals surface area contributed by atoms with E-state index in [9.17, 15) is 9.59 Å². The number of aliphatic hydroxyl groups excluding tert-OH is 1. The molecular formula is C15H25NO3S. The van der Waals surface area contributed by atoms with Crippen LogP contribution < -0.4 is 0 Å². The molecule has 1 N–H and O–H groups in total. The van der Waals surface area contributed by atoms with E-state index in [2.05, 4.69) is 0 Å². The van der Waals surface area contributed by atoms with Gasteiger partial charge in [0.2, 0.25) is 11.8 Å². The molecule has 2 rings (SSSR count). The Hall–Kier alpha value is -0.550. The molecule has 1 spiro atoms. The topological polar surface area (TPSA) is 57.6 Å². The van der Waals surface area contributed by atoms with Crippen molar-refractivity contribution in [1.82, 2.24) is 4.90 Å². The van der Waals surface area contributed by atoms with Crippen LogP contribution in [0.5, 0.6) is 0 Å². The first-order chi connectivity index (χ1) is 9.69. The minimum absolute atomic E-state index is 0.0275. The predicted octanol–water partition coefficient (Wildman–Crippen LogP) is 2.20. The van der Waals surface area contributed by atoms with Crippen molar-refractivity contribution in [2.24, 2.45) is 5.41 Å². The molecule has 1 saturated heterocycles. The van der Waals surface area contributed by atoms with Gasteiger partial charge in [-0.2, -0.15) is 11.8 Å². The molecule has 2 amide bonds. The van der Waals surface area contributed by atoms with Gasteiger partial charge in [0.1, 0.15) is 0 Å². The number of nitrogens with zero attached hydrogens (tertiary/aromatic N) is 1. The normalized spacial score (nSPS) is 22.6. The summed E-state index contributed by atoms with van der Waals surface area (Å²) in [6.45, 7) is 0.743. The zero-order chi connectivity index (χ0) is 14.4. The average Bonchev–Trinajstić information content (AvgIpc) is 2.62. The number of thioether (sulfide) groups is 1. The van der Waals surface area contributed by atoms with Crippen LogP contribution in [0.1, 0.15) is 51.4 Å². The number of likely N-dealkylation sites (tertiary alicyclic amines) is 1. The van der Waals surface area contributed by atoms with E-state index in [1.807, 2.05) is 0 Å². The van der Waals surface area contributed by atoms with E-state index in [4.69, 9.17) is 5.11 Å². The van der Waals surface area contributed by atoms with Crippen LogP contribution in [0.15, 0.2) is 0 Å². The number of rotatable bonds is 6. The highest BCUT2D eigenvalue weighted by molar-refractivity contribution is 7.99. The van der Waals surface area contributed by atoms with Gasteiger partial charge in [0.25, 0.3) is 0 Å². The molecule has 2 aliphatic rings. The van der Waals surface area contributed by atoms with Gasteiger partial charge >= 0.3 is 0 Å². The number of imide groups is 1. The van der Waals surface area contributed by atoms with Gasteiger partial charge in [-0.1, -0.05) is 25.7 Å². The molecule has 1 aliphatic heterocycles. The summed E-state index contributed by atoms with van der Waals surface area (Å²) >= 11 is 1.70. The standard InChI is InChI=1S/C15H25NO3S/c17-9-5-10-20-11-8-16-13(18)12-15(14(16)19)6-3-1-2-4-7-15/h17H,1-12H2. The fourth-order valence-corrected chi connectivity index (χ4v) is 4.16. The molecule has 1 aliphatic carbocycles. The van der Waals surface area contributed by atoms with Gasteiger partial charge in [0.15, 0.2) is 0 Å². The molecule has 4 nitrogen and oxygen atoms in total. The zero-order valence-corrected chi connectivity index (χ0v) is 12.9. The molecule has 1 saturated carbocycles. The lowest BCUT2D eigenvalue weighted by atomic mass is 9.79. The summed E-state index contributed by atoms with van der Waals surface area (Å²) in [7, 11) is 0. The predicted molar refractivity (Wildman–Crippen MR) is 80.5 cm³/mol. The molecule has 0 radical (unpaired) electrons. The lowest BCUT2D eigenvalue weighted by Crippen LogP contribution is -2.37. The molecule has 1 heterocycles. The molecule has 0 unspecified atom stereocenters. The summed E-state index contributed by atoms with van der Waals surface area (Å²) in [6, 6.07) is 0. The number of amides is 2. The fraction of sp³-hybridized carbons (Fsp3) is 0.867. The Kier molecular flexibility index (Phi) is 5.90. The van der Waals surface area contributed by atoms with Crippen LogP contribution >= 0.6 is 11.8 Å². The van der Waals surface area contributed by atoms with Gasteiger partial charge < -0.3 is 5.11 Å². The SMILES string of the molecule is O=C1CC2(CCCCCC2)C(=O)N1CCSCCCO. The Morgan fingerprint density at radius 3 is 2.45 bits per heavy atom. The van der Waals surface area contributed by atoms with Crippen molar-refractivity contribution in [3.8, 4) is 0 Å². The summed E-state index contributed by atoms with van der Waals surface area (Å²) in [4.78, 5) is 26.3. The van der Waals surface area contributed by atoms with E-state index >= 15 is 0 Å². The molecule has 5 heteroatoms. The van der Waals surface area contributed by atoms with Gasteiger partial charge in [0.05, 0.1) is 5.41 Å². The van der Waals surface area contributed by atoms with E-state index in [1.54, 1.807) is 11.8 Å². The maximum Gasteiger partial charge on any atom is 0.235 e. The number of hydrogen-bond acceptors (Lipinski definition) is 4. The van der Waals surface area contributed by atoms with Gasteiger partial charge in [-0.3, -0.25) is 14.5 Å². The highest BCUT2D eigenvalue weighted by atomic mass is 32.2. The average molecular weight is 299 g/mol. The molecule has 114 valence electrons. The molecule has 0 aromatic rings. The second-order valence-electron chi connectivity index (χ2n) is 5.91. The molecule has 20 heavy (non-hydrogen) atoms. The largest absolute Gasteiger partial charge is 0.396 e. The van der Waals surface area contributed by atoms with Crippen molar-refractivity contribution < 1.29 is 14.7 Å². The van der Waals surface area contributed by atoms with Crippen molar-refractivity contribution in [3.63, 3.8) is 0 Å². The van der Waals surface area contributed by atoms with Crippen molar-refractivity contribution >= 4 is 23.6 Å². The number of hydrogen-bond donors (Lipinski definition) is 1. The summed E-state index contributed by atoms with van der Waals surface area (Å²) < 4.78 is 0. The number of carbonyl (C=O) groups excluding carboxylic acids is 2. The third-order valence-electron chi connectivity index (χ3n) is 4.46. The van der Waals surface area contributed by atoms with E-state index in [0.717, 1.165) is 43.6 Å². The summed E-state index contributed by atoms with van der Waals surface area (Å²) in [5.41, 5.74) is -0.358. The summed E-state index contributed by atoms with van der Waals surface area (Å²) in [6.07, 6.45) is 7.55. The van der Waals surface area contributed by atoms with Crippen molar-refractivity contribution in [2.45, 2.75) is 51.4 Å². The fourth-order valence-electron chi connectivity index (χ4n) is 3.31. The highest BCUT2D eigenvalue weighted by Crippen LogP contribution is 2.44. The molecular weight excluding hydrogens is 274 g/mol. The lowest BCUT2D eigenvalue weighted by molar-refractivity contribution is -0.141. The van der Waals surface area contributed by atoms with Crippen LogP contribution in [0.25, 0.3) is 0 Å². The van der Waals surface area contributed by atoms with Crippen molar-refractivity contribution in [2.75, 3.05) is 24.7 Å². The highest BCUT2D eigenvalue weighted by Gasteiger charge is 2.50. The third-order valence-corrected chi connectivity index (χ3v) is 5.50. The van der Waals surface area contributed by atoms with Crippen LogP contribution in [0.4, 0.5) is 0 Å². The van der Waals surface area contributed by atoms with Crippen LogP contribution in [-0.2, 0) is 9.59 Å². The van der Waals surface area contributed by atoms with Crippen LogP contribution in [0.2, 0.25) is 0 Å². The lowest BCUT2D eigenvalue weighted by Gasteiger charge is -2.24. The first kappa shape index (κ1) is 15.8. The van der Waals surface area contributed by atoms with Crippen LogP contribution in [0.3, 0.4) is 0 Å². The Bertz CT molecular complexity index is 351. The maximum atomic E-state index is 12.6. The molecule has 2 fully saturated rings. The second kappa shape index (κ2) is 7.46. The molecule has 0 aromatic carbocycles. The van der Waals surface area contributed by atoms with Gasteiger partial charge in [-0.05, 0) is 25.0 Å². The minimum atomic E-state index is -0.358. The van der Waals surface area contributed by atoms with Crippen molar-refractivity contribution in [1.29, 1.82) is 0 Å². The van der Waals surface area contributed by atoms with Gasteiger partial charge in [0, 0.05) is 25.3 Å². The third kappa shape index (κ3) is 3.55. The zero-order valence-electron chi connectivity index (χ0n) is 12.1. The minimum Gasteiger partial charge on any atom is -0.396 e. The van der Waals surface area contributed by atoms with Gasteiger partial charge in [-0.25, -0.2) is 0 Å². The smallest absolute Gasteiger partial charge is 0.235 e. The summed E-state index contributed by atoms with van der Waals surface area (Å²) in [5, 5.41) is 8.72. The first-order valence-electron chi connectivity index (χ1n) is 7.73. The van der Waals surface area contributed by atoms with Crippen LogP contribution in [-0.4, -0.2) is 46.5 Å². The van der Waals surface area contributed by atoms with E-state index in [-0.39, 0.29) is 23.8 Å². The number of carbonyl (C=O) groups is 2. The Morgan fingerprint density at radius 1 is 1.10 bits per heavy atom. The Labute approximate surface area is 125 Å². The summed E-state index contributed by atoms with van der Waals surface area (Å²) in [5.74, 6) is 1.79. The second-order valence-corrected chi connectivity index (χ2v) is 7.14. The molecule has 0 atom stereocenters. The van der Waals surface area contributed by atoms with E-state index in [0.29, 0.717) is 13.0 Å². The Morgan fingerprint density at radius 2 is 1.80 bits per heavy atom. The number of aliphatic hydroxyl groups is 1. The van der Waals surface area contributed by atoms with Gasteiger partial charge in [-0.15, -0.1) is 0 Å². The maximum absolute atomic E-state index is 12.6. The van der Waals surface area contributed by atoms with E-state index < -0.39 is 0 Å². The Balaban J connectivity index is 1.87. The first-order valence-corrected chi connectivity index (χ1v) is 8.88. The monoisotopic (exact) mass is 299 g/mol. The van der Waals surface area contributed by atoms with Crippen LogP contribution in [0, 0.1) is 5.41 Å². The van der Waals surface area contributed by atoms with Crippen molar-refractivity contribution in [3.05, 3.63) is 0 Å². The van der Waals surface area contributed by atoms with E-state index in [1.165, 1.54) is 17.7 Å².